The summed E-state index contributed by atoms with van der Waals surface area (Å²) in [5.41, 5.74) is 7.79. The van der Waals surface area contributed by atoms with Crippen molar-refractivity contribution in [3.63, 3.8) is 0 Å². The topological polar surface area (TPSA) is 44.5 Å². The molecule has 1 heterocycles. The largest absolute Gasteiger partial charge is 0.494 e. The van der Waals surface area contributed by atoms with E-state index in [9.17, 15) is 0 Å². The van der Waals surface area contributed by atoms with Gasteiger partial charge in [0.15, 0.2) is 0 Å². The molecular weight excluding hydrogens is 298 g/mol. The maximum absolute atomic E-state index is 6.63. The molecule has 22 heavy (non-hydrogen) atoms. The molecule has 0 saturated carbocycles. The monoisotopic (exact) mass is 321 g/mol. The maximum Gasteiger partial charge on any atom is 0.124 e. The number of nitrogens with two attached hydrogens (primary N) is 1. The molecule has 1 atom stereocenters. The van der Waals surface area contributed by atoms with Gasteiger partial charge in [0.2, 0.25) is 0 Å². The van der Waals surface area contributed by atoms with E-state index in [2.05, 4.69) is 36.4 Å². The summed E-state index contributed by atoms with van der Waals surface area (Å²) in [6.07, 6.45) is 2.05. The third-order valence-corrected chi connectivity index (χ3v) is 4.34. The summed E-state index contributed by atoms with van der Waals surface area (Å²) in [5, 5.41) is 2.43. The zero-order chi connectivity index (χ0) is 14.7. The van der Waals surface area contributed by atoms with Crippen LogP contribution < -0.4 is 10.5 Å². The van der Waals surface area contributed by atoms with Crippen LogP contribution in [0, 0.1) is 5.92 Å². The van der Waals surface area contributed by atoms with E-state index in [0.717, 1.165) is 37.4 Å². The first kappa shape index (κ1) is 17.1. The molecular formula is C18H24ClNO2. The van der Waals surface area contributed by atoms with Crippen LogP contribution in [0.4, 0.5) is 0 Å². The van der Waals surface area contributed by atoms with Crippen molar-refractivity contribution < 1.29 is 9.47 Å². The number of hydrogen-bond donors (Lipinski definition) is 1. The fourth-order valence-corrected chi connectivity index (χ4v) is 3.21. The van der Waals surface area contributed by atoms with Crippen LogP contribution in [0.5, 0.6) is 5.75 Å². The minimum Gasteiger partial charge on any atom is -0.494 e. The van der Waals surface area contributed by atoms with E-state index in [4.69, 9.17) is 15.2 Å². The molecule has 1 saturated heterocycles. The molecule has 0 amide bonds. The van der Waals surface area contributed by atoms with Gasteiger partial charge in [0.25, 0.3) is 0 Å². The average Bonchev–Trinajstić information content (AvgIpc) is 2.55. The summed E-state index contributed by atoms with van der Waals surface area (Å²) >= 11 is 0. The lowest BCUT2D eigenvalue weighted by atomic mass is 9.85. The van der Waals surface area contributed by atoms with Gasteiger partial charge in [0, 0.05) is 24.8 Å². The zero-order valence-electron chi connectivity index (χ0n) is 13.0. The van der Waals surface area contributed by atoms with Gasteiger partial charge in [-0.1, -0.05) is 30.3 Å². The van der Waals surface area contributed by atoms with Gasteiger partial charge in [-0.05, 0) is 42.5 Å². The Hall–Kier alpha value is -1.29. The van der Waals surface area contributed by atoms with Crippen molar-refractivity contribution in [1.29, 1.82) is 0 Å². The minimum absolute atomic E-state index is 0. The van der Waals surface area contributed by atoms with E-state index in [-0.39, 0.29) is 18.4 Å². The third kappa shape index (κ3) is 3.37. The first-order valence-corrected chi connectivity index (χ1v) is 7.79. The third-order valence-electron chi connectivity index (χ3n) is 4.34. The Morgan fingerprint density at radius 2 is 1.91 bits per heavy atom. The predicted octanol–water partition coefficient (Wildman–Crippen LogP) is 4.09. The van der Waals surface area contributed by atoms with Crippen molar-refractivity contribution in [3.8, 4) is 5.75 Å². The standard InChI is InChI=1S/C18H23NO2.ClH/c1-2-21-16-8-7-13-5-3-4-6-15(13)17(16)18(19)14-9-11-20-12-10-14;/h3-8,14,18H,2,9-12,19H2,1H3;1H/t18-;/m1./s1. The SMILES string of the molecule is CCOc1ccc2ccccc2c1[C@H](N)C1CCOCC1.Cl. The van der Waals surface area contributed by atoms with Gasteiger partial charge in [0.1, 0.15) is 5.75 Å². The molecule has 1 aliphatic heterocycles. The van der Waals surface area contributed by atoms with E-state index >= 15 is 0 Å². The molecule has 0 aromatic heterocycles. The summed E-state index contributed by atoms with van der Waals surface area (Å²) < 4.78 is 11.3. The molecule has 0 bridgehead atoms. The summed E-state index contributed by atoms with van der Waals surface area (Å²) in [6, 6.07) is 12.6. The molecule has 2 aromatic rings. The van der Waals surface area contributed by atoms with Gasteiger partial charge < -0.3 is 15.2 Å². The highest BCUT2D eigenvalue weighted by atomic mass is 35.5. The zero-order valence-corrected chi connectivity index (χ0v) is 13.8. The van der Waals surface area contributed by atoms with Gasteiger partial charge in [-0.2, -0.15) is 0 Å². The van der Waals surface area contributed by atoms with Crippen LogP contribution in [-0.4, -0.2) is 19.8 Å². The van der Waals surface area contributed by atoms with Crippen LogP contribution in [0.15, 0.2) is 36.4 Å². The number of benzene rings is 2. The highest BCUT2D eigenvalue weighted by molar-refractivity contribution is 5.88. The fraction of sp³-hybridized carbons (Fsp3) is 0.444. The quantitative estimate of drug-likeness (QED) is 0.922. The molecule has 4 heteroatoms. The fourth-order valence-electron chi connectivity index (χ4n) is 3.21. The van der Waals surface area contributed by atoms with E-state index < -0.39 is 0 Å². The number of ether oxygens (including phenoxy) is 2. The maximum atomic E-state index is 6.63. The highest BCUT2D eigenvalue weighted by Gasteiger charge is 2.26. The van der Waals surface area contributed by atoms with Crippen molar-refractivity contribution in [3.05, 3.63) is 42.0 Å². The highest BCUT2D eigenvalue weighted by Crippen LogP contribution is 2.38. The van der Waals surface area contributed by atoms with Crippen molar-refractivity contribution in [2.24, 2.45) is 11.7 Å². The normalized spacial score (nSPS) is 17.0. The summed E-state index contributed by atoms with van der Waals surface area (Å²) in [4.78, 5) is 0. The first-order chi connectivity index (χ1) is 10.3. The van der Waals surface area contributed by atoms with Crippen LogP contribution in [0.2, 0.25) is 0 Å². The second-order valence-corrected chi connectivity index (χ2v) is 5.61. The van der Waals surface area contributed by atoms with E-state index in [1.54, 1.807) is 0 Å². The smallest absolute Gasteiger partial charge is 0.124 e. The second kappa shape index (κ2) is 7.82. The molecule has 0 spiro atoms. The Balaban J connectivity index is 0.00000176. The molecule has 0 radical (unpaired) electrons. The van der Waals surface area contributed by atoms with Gasteiger partial charge in [-0.3, -0.25) is 0 Å². The van der Waals surface area contributed by atoms with Crippen LogP contribution in [0.25, 0.3) is 10.8 Å². The number of fused-ring (bicyclic) bond motifs is 1. The second-order valence-electron chi connectivity index (χ2n) is 5.61. The van der Waals surface area contributed by atoms with Crippen LogP contribution >= 0.6 is 12.4 Å². The summed E-state index contributed by atoms with van der Waals surface area (Å²) in [6.45, 7) is 4.30. The van der Waals surface area contributed by atoms with Crippen LogP contribution in [0.3, 0.4) is 0 Å². The van der Waals surface area contributed by atoms with Gasteiger partial charge in [0.05, 0.1) is 6.61 Å². The molecule has 1 fully saturated rings. The van der Waals surface area contributed by atoms with Gasteiger partial charge >= 0.3 is 0 Å². The first-order valence-electron chi connectivity index (χ1n) is 7.79. The Kier molecular flexibility index (Phi) is 6.07. The Bertz CT molecular complexity index is 611. The number of hydrogen-bond acceptors (Lipinski definition) is 3. The van der Waals surface area contributed by atoms with Crippen molar-refractivity contribution in [2.45, 2.75) is 25.8 Å². The number of halogens is 1. The molecule has 1 aliphatic rings. The van der Waals surface area contributed by atoms with Crippen LogP contribution in [-0.2, 0) is 4.74 Å². The molecule has 0 unspecified atom stereocenters. The minimum atomic E-state index is 0. The van der Waals surface area contributed by atoms with Crippen molar-refractivity contribution in [2.75, 3.05) is 19.8 Å². The van der Waals surface area contributed by atoms with E-state index in [1.807, 2.05) is 6.92 Å². The molecule has 2 N–H and O–H groups in total. The van der Waals surface area contributed by atoms with Gasteiger partial charge in [-0.25, -0.2) is 0 Å². The Morgan fingerprint density at radius 1 is 1.18 bits per heavy atom. The average molecular weight is 322 g/mol. The summed E-state index contributed by atoms with van der Waals surface area (Å²) in [7, 11) is 0. The molecule has 0 aliphatic carbocycles. The Morgan fingerprint density at radius 3 is 2.64 bits per heavy atom. The van der Waals surface area contributed by atoms with Gasteiger partial charge in [-0.15, -0.1) is 12.4 Å². The Labute approximate surface area is 138 Å². The molecule has 3 rings (SSSR count). The lowest BCUT2D eigenvalue weighted by Crippen LogP contribution is -2.28. The predicted molar refractivity (Wildman–Crippen MR) is 92.8 cm³/mol. The summed E-state index contributed by atoms with van der Waals surface area (Å²) in [5.74, 6) is 1.39. The van der Waals surface area contributed by atoms with E-state index in [1.165, 1.54) is 10.8 Å². The number of rotatable bonds is 4. The van der Waals surface area contributed by atoms with E-state index in [0.29, 0.717) is 12.5 Å². The lowest BCUT2D eigenvalue weighted by Gasteiger charge is -2.29. The van der Waals surface area contributed by atoms with Crippen molar-refractivity contribution >= 4 is 23.2 Å². The molecule has 2 aromatic carbocycles. The lowest BCUT2D eigenvalue weighted by molar-refractivity contribution is 0.0582. The van der Waals surface area contributed by atoms with Crippen molar-refractivity contribution in [1.82, 2.24) is 0 Å². The molecule has 3 nitrogen and oxygen atoms in total. The molecule has 120 valence electrons. The van der Waals surface area contributed by atoms with Crippen LogP contribution in [0.1, 0.15) is 31.4 Å².